The molecule has 1 aliphatic rings. The van der Waals surface area contributed by atoms with Gasteiger partial charge in [-0.3, -0.25) is 18.6 Å². The molecule has 0 aromatic heterocycles. The average molecular weight is 855 g/mol. The zero-order chi connectivity index (χ0) is 43.0. The van der Waals surface area contributed by atoms with Gasteiger partial charge in [0.05, 0.1) is 12.7 Å². The zero-order valence-corrected chi connectivity index (χ0v) is 36.9. The molecule has 0 bridgehead atoms. The summed E-state index contributed by atoms with van der Waals surface area (Å²) in [5, 5.41) is 60.2. The minimum atomic E-state index is -5.12. The molecule has 0 saturated heterocycles. The smallest absolute Gasteiger partial charge is 0.462 e. The lowest BCUT2D eigenvalue weighted by Crippen LogP contribution is -2.64. The Bertz CT molecular complexity index is 1050. The number of unbranched alkanes of at least 4 members (excludes halogenated alkanes) is 22. The van der Waals surface area contributed by atoms with E-state index in [0.29, 0.717) is 12.8 Å². The van der Waals surface area contributed by atoms with Crippen LogP contribution in [0.5, 0.6) is 0 Å². The second kappa shape index (κ2) is 34.4. The molecule has 7 N–H and O–H groups in total. The number of carbonyl (C=O) groups excluding carboxylic acids is 2. The molecule has 0 heterocycles. The van der Waals surface area contributed by atoms with Crippen molar-refractivity contribution in [3.8, 4) is 0 Å². The van der Waals surface area contributed by atoms with Crippen LogP contribution in [0.3, 0.4) is 0 Å². The van der Waals surface area contributed by atoms with Crippen LogP contribution in [0, 0.1) is 0 Å². The summed E-state index contributed by atoms with van der Waals surface area (Å²) < 4.78 is 33.5. The molecule has 14 nitrogen and oxygen atoms in total. The second-order valence-corrected chi connectivity index (χ2v) is 17.9. The number of aliphatic hydroxyl groups excluding tert-OH is 6. The summed E-state index contributed by atoms with van der Waals surface area (Å²) in [7, 11) is -5.12. The lowest BCUT2D eigenvalue weighted by Gasteiger charge is -2.41. The predicted molar refractivity (Wildman–Crippen MR) is 223 cm³/mol. The molecule has 58 heavy (non-hydrogen) atoms. The summed E-state index contributed by atoms with van der Waals surface area (Å²) in [6, 6.07) is 0. The van der Waals surface area contributed by atoms with E-state index < -0.39 is 75.7 Å². The monoisotopic (exact) mass is 855 g/mol. The van der Waals surface area contributed by atoms with Crippen LogP contribution in [0.15, 0.2) is 0 Å². The first-order valence-electron chi connectivity index (χ1n) is 22.9. The minimum absolute atomic E-state index is 0.0748. The molecule has 1 aliphatic carbocycles. The normalized spacial score (nSPS) is 23.0. The van der Waals surface area contributed by atoms with Gasteiger partial charge in [0.15, 0.2) is 6.10 Å². The largest absolute Gasteiger partial charge is 0.472 e. The van der Waals surface area contributed by atoms with Crippen molar-refractivity contribution >= 4 is 19.8 Å². The Hall–Kier alpha value is -1.19. The van der Waals surface area contributed by atoms with Gasteiger partial charge in [0, 0.05) is 12.8 Å². The third-order valence-corrected chi connectivity index (χ3v) is 12.0. The van der Waals surface area contributed by atoms with Gasteiger partial charge >= 0.3 is 19.8 Å². The molecule has 0 radical (unpaired) electrons. The van der Waals surface area contributed by atoms with E-state index in [4.69, 9.17) is 18.5 Å². The van der Waals surface area contributed by atoms with E-state index in [1.54, 1.807) is 0 Å². The first-order valence-corrected chi connectivity index (χ1v) is 24.4. The van der Waals surface area contributed by atoms with E-state index in [0.717, 1.165) is 83.5 Å². The summed E-state index contributed by atoms with van der Waals surface area (Å²) in [6.07, 6.45) is 16.0. The SMILES string of the molecule is CCCCCCCCCCCCCCCC(=O)OCC(COP(=O)(O)OC1C(O)C(O)C(O)C(O)C1O)OC(=O)CCCCCCCCCCC(O)CCCCCC. The van der Waals surface area contributed by atoms with E-state index in [1.807, 2.05) is 0 Å². The Labute approximate surface area is 349 Å². The topological polar surface area (TPSA) is 230 Å². The van der Waals surface area contributed by atoms with Crippen molar-refractivity contribution in [3.05, 3.63) is 0 Å². The molecule has 0 aromatic carbocycles. The molecule has 0 aliphatic heterocycles. The maximum absolute atomic E-state index is 12.8. The lowest BCUT2D eigenvalue weighted by atomic mass is 9.85. The van der Waals surface area contributed by atoms with Gasteiger partial charge in [0.25, 0.3) is 0 Å². The number of aliphatic hydroxyl groups is 6. The maximum atomic E-state index is 12.8. The molecule has 1 fully saturated rings. The third-order valence-electron chi connectivity index (χ3n) is 11.0. The number of esters is 2. The number of carbonyl (C=O) groups is 2. The molecule has 0 aromatic rings. The Balaban J connectivity index is 2.47. The fourth-order valence-electron chi connectivity index (χ4n) is 7.25. The Kier molecular flexibility index (Phi) is 32.5. The summed E-state index contributed by atoms with van der Waals surface area (Å²) in [5.74, 6) is -1.12. The van der Waals surface area contributed by atoms with Crippen LogP contribution in [0.2, 0.25) is 0 Å². The number of hydrogen-bond acceptors (Lipinski definition) is 13. The average Bonchev–Trinajstić information content (AvgIpc) is 3.20. The van der Waals surface area contributed by atoms with Gasteiger partial charge < -0.3 is 45.0 Å². The molecule has 1 saturated carbocycles. The molecule has 15 heteroatoms. The predicted octanol–water partition coefficient (Wildman–Crippen LogP) is 7.48. The van der Waals surface area contributed by atoms with Crippen molar-refractivity contribution in [1.82, 2.24) is 0 Å². The van der Waals surface area contributed by atoms with Crippen LogP contribution in [-0.4, -0.2) is 110 Å². The summed E-state index contributed by atoms with van der Waals surface area (Å²) in [6.45, 7) is 3.21. The van der Waals surface area contributed by atoms with Gasteiger partial charge in [-0.2, -0.15) is 0 Å². The molecule has 7 unspecified atom stereocenters. The summed E-state index contributed by atoms with van der Waals surface area (Å²) >= 11 is 0. The quantitative estimate of drug-likeness (QED) is 0.0182. The van der Waals surface area contributed by atoms with Crippen molar-refractivity contribution in [2.75, 3.05) is 13.2 Å². The molecule has 7 atom stereocenters. The molecule has 1 rings (SSSR count). The molecule has 344 valence electrons. The Morgan fingerprint density at radius 2 is 0.879 bits per heavy atom. The molecular weight excluding hydrogens is 771 g/mol. The standard InChI is InChI=1S/C43H83O14P/c1-3-5-7-9-10-11-12-13-14-15-19-22-26-30-36(45)54-32-35(33-55-58(52,53)57-43-41(50)39(48)38(47)40(49)42(43)51)56-37(46)31-27-23-20-17-16-18-21-25-29-34(44)28-24-8-6-4-2/h34-35,38-44,47-51H,3-33H2,1-2H3,(H,52,53). The maximum Gasteiger partial charge on any atom is 0.472 e. The van der Waals surface area contributed by atoms with Crippen LogP contribution in [-0.2, 0) is 32.7 Å². The highest BCUT2D eigenvalue weighted by molar-refractivity contribution is 7.47. The van der Waals surface area contributed by atoms with Crippen LogP contribution in [0.25, 0.3) is 0 Å². The van der Waals surface area contributed by atoms with Gasteiger partial charge in [-0.1, -0.05) is 162 Å². The van der Waals surface area contributed by atoms with E-state index in [2.05, 4.69) is 13.8 Å². The number of ether oxygens (including phenoxy) is 2. The second-order valence-electron chi connectivity index (χ2n) is 16.4. The van der Waals surface area contributed by atoms with Crippen LogP contribution in [0.1, 0.15) is 200 Å². The summed E-state index contributed by atoms with van der Waals surface area (Å²) in [4.78, 5) is 35.6. The fourth-order valence-corrected chi connectivity index (χ4v) is 8.22. The highest BCUT2D eigenvalue weighted by Gasteiger charge is 2.51. The van der Waals surface area contributed by atoms with Gasteiger partial charge in [0.2, 0.25) is 0 Å². The van der Waals surface area contributed by atoms with Crippen LogP contribution in [0.4, 0.5) is 0 Å². The van der Waals surface area contributed by atoms with E-state index in [-0.39, 0.29) is 18.9 Å². The lowest BCUT2D eigenvalue weighted by molar-refractivity contribution is -0.220. The first kappa shape index (κ1) is 54.8. The fraction of sp³-hybridized carbons (Fsp3) is 0.953. The van der Waals surface area contributed by atoms with Crippen LogP contribution < -0.4 is 0 Å². The number of phosphoric acid groups is 1. The Morgan fingerprint density at radius 3 is 1.33 bits per heavy atom. The Morgan fingerprint density at radius 1 is 0.517 bits per heavy atom. The van der Waals surface area contributed by atoms with Crippen molar-refractivity contribution in [3.63, 3.8) is 0 Å². The van der Waals surface area contributed by atoms with Crippen LogP contribution >= 0.6 is 7.82 Å². The third kappa shape index (κ3) is 26.9. The van der Waals surface area contributed by atoms with Crippen molar-refractivity contribution in [1.29, 1.82) is 0 Å². The highest BCUT2D eigenvalue weighted by Crippen LogP contribution is 2.47. The highest BCUT2D eigenvalue weighted by atomic mass is 31.2. The minimum Gasteiger partial charge on any atom is -0.462 e. The molecule has 0 spiro atoms. The molecule has 0 amide bonds. The van der Waals surface area contributed by atoms with Crippen molar-refractivity contribution < 1.29 is 68.2 Å². The number of phosphoric ester groups is 1. The zero-order valence-electron chi connectivity index (χ0n) is 36.0. The number of rotatable bonds is 38. The van der Waals surface area contributed by atoms with Gasteiger partial charge in [-0.15, -0.1) is 0 Å². The van der Waals surface area contributed by atoms with Crippen molar-refractivity contribution in [2.24, 2.45) is 0 Å². The number of hydrogen-bond donors (Lipinski definition) is 7. The first-order chi connectivity index (χ1) is 27.8. The van der Waals surface area contributed by atoms with E-state index >= 15 is 0 Å². The van der Waals surface area contributed by atoms with Gasteiger partial charge in [-0.25, -0.2) is 4.57 Å². The summed E-state index contributed by atoms with van der Waals surface area (Å²) in [5.41, 5.74) is 0. The van der Waals surface area contributed by atoms with Gasteiger partial charge in [0.1, 0.15) is 43.2 Å². The van der Waals surface area contributed by atoms with E-state index in [9.17, 15) is 49.7 Å². The van der Waals surface area contributed by atoms with E-state index in [1.165, 1.54) is 77.0 Å². The van der Waals surface area contributed by atoms with Gasteiger partial charge in [-0.05, 0) is 25.7 Å². The molecular formula is C43H83O14P. The van der Waals surface area contributed by atoms with Crippen molar-refractivity contribution in [2.45, 2.75) is 249 Å².